The quantitative estimate of drug-likeness (QED) is 0.673. The highest BCUT2D eigenvalue weighted by molar-refractivity contribution is 14.1. The van der Waals surface area contributed by atoms with Gasteiger partial charge in [-0.3, -0.25) is 0 Å². The van der Waals surface area contributed by atoms with Crippen molar-refractivity contribution in [3.63, 3.8) is 0 Å². The zero-order valence-corrected chi connectivity index (χ0v) is 10.4. The Morgan fingerprint density at radius 2 is 1.79 bits per heavy atom. The first-order valence-electron chi connectivity index (χ1n) is 4.91. The Hall–Kier alpha value is -0.570. The van der Waals surface area contributed by atoms with Crippen molar-refractivity contribution in [2.75, 3.05) is 0 Å². The van der Waals surface area contributed by atoms with Crippen molar-refractivity contribution in [2.45, 2.75) is 19.8 Å². The fourth-order valence-electron chi connectivity index (χ4n) is 1.80. The Morgan fingerprint density at radius 3 is 2.50 bits per heavy atom. The van der Waals surface area contributed by atoms with E-state index in [0.29, 0.717) is 0 Å². The minimum Gasteiger partial charge on any atom is -0.0807 e. The molecule has 0 heterocycles. The molecule has 0 amide bonds. The highest BCUT2D eigenvalue weighted by Crippen LogP contribution is 2.30. The Balaban J connectivity index is 2.45. The van der Waals surface area contributed by atoms with Crippen LogP contribution in [0, 0.1) is 3.57 Å². The molecule has 0 saturated heterocycles. The molecule has 0 spiro atoms. The van der Waals surface area contributed by atoms with E-state index in [-0.39, 0.29) is 0 Å². The highest BCUT2D eigenvalue weighted by Gasteiger charge is 2.09. The van der Waals surface area contributed by atoms with Gasteiger partial charge < -0.3 is 0 Å². The first-order chi connectivity index (χ1) is 6.79. The third-order valence-electron chi connectivity index (χ3n) is 2.55. The summed E-state index contributed by atoms with van der Waals surface area (Å²) in [6, 6.07) is 8.57. The molecule has 1 heteroatoms. The molecule has 14 heavy (non-hydrogen) atoms. The number of hydrogen-bond donors (Lipinski definition) is 0. The van der Waals surface area contributed by atoms with Gasteiger partial charge >= 0.3 is 0 Å². The molecule has 1 aliphatic rings. The number of allylic oxidation sites excluding steroid dienone is 4. The summed E-state index contributed by atoms with van der Waals surface area (Å²) in [7, 11) is 0. The van der Waals surface area contributed by atoms with Gasteiger partial charge in [0.2, 0.25) is 0 Å². The van der Waals surface area contributed by atoms with Gasteiger partial charge in [-0.2, -0.15) is 0 Å². The van der Waals surface area contributed by atoms with Crippen LogP contribution >= 0.6 is 22.6 Å². The first kappa shape index (κ1) is 9.97. The smallest absolute Gasteiger partial charge is 0.0208 e. The van der Waals surface area contributed by atoms with Gasteiger partial charge in [0.25, 0.3) is 0 Å². The van der Waals surface area contributed by atoms with Crippen molar-refractivity contribution in [3.8, 4) is 0 Å². The largest absolute Gasteiger partial charge is 0.0807 e. The second-order valence-electron chi connectivity index (χ2n) is 3.56. The molecule has 0 aromatic heterocycles. The summed E-state index contributed by atoms with van der Waals surface area (Å²) in [5.74, 6) is 0. The summed E-state index contributed by atoms with van der Waals surface area (Å²) in [5.41, 5.74) is 4.21. The van der Waals surface area contributed by atoms with Gasteiger partial charge in [0.15, 0.2) is 0 Å². The molecule has 0 saturated carbocycles. The van der Waals surface area contributed by atoms with Gasteiger partial charge in [0.1, 0.15) is 0 Å². The fraction of sp³-hybridized carbons (Fsp3) is 0.231. The van der Waals surface area contributed by atoms with Crippen LogP contribution < -0.4 is 0 Å². The molecular weight excluding hydrogens is 283 g/mol. The van der Waals surface area contributed by atoms with E-state index in [1.165, 1.54) is 33.1 Å². The summed E-state index contributed by atoms with van der Waals surface area (Å²) in [6.45, 7) is 2.20. The van der Waals surface area contributed by atoms with E-state index in [2.05, 4.69) is 65.9 Å². The molecule has 0 fully saturated rings. The average molecular weight is 296 g/mol. The van der Waals surface area contributed by atoms with Crippen molar-refractivity contribution in [1.82, 2.24) is 0 Å². The Morgan fingerprint density at radius 1 is 1.07 bits per heavy atom. The third kappa shape index (κ3) is 1.92. The molecule has 0 radical (unpaired) electrons. The number of halogens is 1. The monoisotopic (exact) mass is 296 g/mol. The van der Waals surface area contributed by atoms with E-state index in [1.54, 1.807) is 0 Å². The summed E-state index contributed by atoms with van der Waals surface area (Å²) >= 11 is 2.40. The van der Waals surface area contributed by atoms with Crippen LogP contribution in [0.1, 0.15) is 25.3 Å². The molecule has 2 rings (SSSR count). The molecular formula is C13H13I. The van der Waals surface area contributed by atoms with E-state index in [4.69, 9.17) is 0 Å². The maximum absolute atomic E-state index is 2.40. The van der Waals surface area contributed by atoms with Crippen molar-refractivity contribution < 1.29 is 0 Å². The lowest BCUT2D eigenvalue weighted by Crippen LogP contribution is -1.94. The van der Waals surface area contributed by atoms with Crippen molar-refractivity contribution in [2.24, 2.45) is 0 Å². The molecule has 0 N–H and O–H groups in total. The van der Waals surface area contributed by atoms with Gasteiger partial charge in [-0.05, 0) is 65.1 Å². The first-order valence-corrected chi connectivity index (χ1v) is 5.99. The van der Waals surface area contributed by atoms with E-state index in [0.717, 1.165) is 0 Å². The number of rotatable bonds is 1. The molecule has 0 unspecified atom stereocenters. The number of benzene rings is 1. The molecule has 0 atom stereocenters. The Kier molecular flexibility index (Phi) is 3.06. The molecule has 72 valence electrons. The van der Waals surface area contributed by atoms with Crippen LogP contribution in [-0.2, 0) is 0 Å². The van der Waals surface area contributed by atoms with Crippen LogP contribution in [0.2, 0.25) is 0 Å². The SMILES string of the molecule is CC1=CCCC=C1c1ccccc1I. The number of hydrogen-bond acceptors (Lipinski definition) is 0. The summed E-state index contributed by atoms with van der Waals surface area (Å²) in [6.07, 6.45) is 7.06. The molecule has 1 aromatic carbocycles. The van der Waals surface area contributed by atoms with E-state index < -0.39 is 0 Å². The lowest BCUT2D eigenvalue weighted by molar-refractivity contribution is 1.02. The topological polar surface area (TPSA) is 0 Å². The van der Waals surface area contributed by atoms with Crippen LogP contribution in [0.4, 0.5) is 0 Å². The molecule has 0 bridgehead atoms. The normalized spacial score (nSPS) is 16.1. The van der Waals surface area contributed by atoms with Gasteiger partial charge in [0, 0.05) is 3.57 Å². The Bertz CT molecular complexity index is 399. The zero-order chi connectivity index (χ0) is 9.97. The van der Waals surface area contributed by atoms with Gasteiger partial charge in [-0.1, -0.05) is 30.4 Å². The van der Waals surface area contributed by atoms with E-state index in [9.17, 15) is 0 Å². The summed E-state index contributed by atoms with van der Waals surface area (Å²) in [4.78, 5) is 0. The predicted octanol–water partition coefficient (Wildman–Crippen LogP) is 4.41. The fourth-order valence-corrected chi connectivity index (χ4v) is 2.48. The van der Waals surface area contributed by atoms with Gasteiger partial charge in [-0.25, -0.2) is 0 Å². The predicted molar refractivity (Wildman–Crippen MR) is 70.1 cm³/mol. The molecule has 1 aromatic rings. The lowest BCUT2D eigenvalue weighted by atomic mass is 9.93. The van der Waals surface area contributed by atoms with Gasteiger partial charge in [-0.15, -0.1) is 0 Å². The summed E-state index contributed by atoms with van der Waals surface area (Å²) < 4.78 is 1.34. The Labute approximate surface area is 98.9 Å². The maximum Gasteiger partial charge on any atom is 0.0208 e. The summed E-state index contributed by atoms with van der Waals surface area (Å²) in [5, 5.41) is 0. The lowest BCUT2D eigenvalue weighted by Gasteiger charge is -2.14. The van der Waals surface area contributed by atoms with Crippen molar-refractivity contribution in [3.05, 3.63) is 51.1 Å². The third-order valence-corrected chi connectivity index (χ3v) is 3.50. The van der Waals surface area contributed by atoms with E-state index >= 15 is 0 Å². The maximum atomic E-state index is 2.40. The minimum absolute atomic E-state index is 1.18. The van der Waals surface area contributed by atoms with Gasteiger partial charge in [0.05, 0.1) is 0 Å². The molecule has 0 aliphatic heterocycles. The second kappa shape index (κ2) is 4.30. The average Bonchev–Trinajstić information content (AvgIpc) is 2.20. The minimum atomic E-state index is 1.18. The van der Waals surface area contributed by atoms with Crippen LogP contribution in [0.5, 0.6) is 0 Å². The highest BCUT2D eigenvalue weighted by atomic mass is 127. The van der Waals surface area contributed by atoms with E-state index in [1.807, 2.05) is 0 Å². The van der Waals surface area contributed by atoms with Crippen LogP contribution in [0.25, 0.3) is 5.57 Å². The standard InChI is InChI=1S/C13H13I/c1-10-6-2-3-7-11(10)12-8-4-5-9-13(12)14/h4-9H,2-3H2,1H3. The molecule has 1 aliphatic carbocycles. The van der Waals surface area contributed by atoms with Crippen molar-refractivity contribution in [1.29, 1.82) is 0 Å². The van der Waals surface area contributed by atoms with Crippen LogP contribution in [0.15, 0.2) is 42.0 Å². The van der Waals surface area contributed by atoms with Crippen LogP contribution in [-0.4, -0.2) is 0 Å². The second-order valence-corrected chi connectivity index (χ2v) is 4.72. The zero-order valence-electron chi connectivity index (χ0n) is 8.26. The van der Waals surface area contributed by atoms with Crippen LogP contribution in [0.3, 0.4) is 0 Å². The van der Waals surface area contributed by atoms with Crippen molar-refractivity contribution >= 4 is 28.2 Å². The molecule has 0 nitrogen and oxygen atoms in total.